The van der Waals surface area contributed by atoms with Crippen molar-refractivity contribution in [3.63, 3.8) is 0 Å². The fourth-order valence-electron chi connectivity index (χ4n) is 2.74. The molecule has 0 unspecified atom stereocenters. The summed E-state index contributed by atoms with van der Waals surface area (Å²) in [5.41, 5.74) is 2.74. The molecule has 1 aromatic carbocycles. The highest BCUT2D eigenvalue weighted by Crippen LogP contribution is 2.26. The number of hydrogen-bond donors (Lipinski definition) is 2. The molecule has 0 aromatic heterocycles. The molecule has 0 spiro atoms. The van der Waals surface area contributed by atoms with Crippen molar-refractivity contribution in [3.05, 3.63) is 23.8 Å². The molecule has 1 rings (SSSR count). The van der Waals surface area contributed by atoms with Gasteiger partial charge in [-0.1, -0.05) is 13.8 Å². The van der Waals surface area contributed by atoms with E-state index < -0.39 is 0 Å². The Labute approximate surface area is 157 Å². The van der Waals surface area contributed by atoms with Gasteiger partial charge in [0.1, 0.15) is 0 Å². The zero-order valence-electron chi connectivity index (χ0n) is 17.4. The van der Waals surface area contributed by atoms with E-state index in [0.29, 0.717) is 18.2 Å². The molecule has 0 saturated carbocycles. The summed E-state index contributed by atoms with van der Waals surface area (Å²) in [6.07, 6.45) is 0. The molecule has 1 aromatic rings. The van der Waals surface area contributed by atoms with Crippen LogP contribution >= 0.6 is 0 Å². The molecule has 6 heteroatoms. The van der Waals surface area contributed by atoms with Gasteiger partial charge >= 0.3 is 6.03 Å². The lowest BCUT2D eigenvalue weighted by molar-refractivity contribution is -0.132. The quantitative estimate of drug-likeness (QED) is 0.778. The monoisotopic (exact) mass is 362 g/mol. The SMILES string of the molecule is CC(=O)N(Cc1cc(NC(=O)NC(C)C)ccc1N(C)C)[C@H](C)C(C)C. The Morgan fingerprint density at radius 3 is 2.15 bits per heavy atom. The summed E-state index contributed by atoms with van der Waals surface area (Å²) < 4.78 is 0. The van der Waals surface area contributed by atoms with Crippen LogP contribution in [0.25, 0.3) is 0 Å². The van der Waals surface area contributed by atoms with Crippen molar-refractivity contribution >= 4 is 23.3 Å². The van der Waals surface area contributed by atoms with E-state index in [-0.39, 0.29) is 24.0 Å². The first-order valence-corrected chi connectivity index (χ1v) is 9.17. The van der Waals surface area contributed by atoms with Crippen LogP contribution in [0.4, 0.5) is 16.2 Å². The molecule has 0 fully saturated rings. The van der Waals surface area contributed by atoms with Gasteiger partial charge in [-0.2, -0.15) is 0 Å². The third-order valence-electron chi connectivity index (χ3n) is 4.44. The molecular formula is C20H34N4O2. The van der Waals surface area contributed by atoms with E-state index >= 15 is 0 Å². The Morgan fingerprint density at radius 2 is 1.69 bits per heavy atom. The van der Waals surface area contributed by atoms with Gasteiger partial charge in [0.25, 0.3) is 0 Å². The molecular weight excluding hydrogens is 328 g/mol. The van der Waals surface area contributed by atoms with Crippen LogP contribution in [0.5, 0.6) is 0 Å². The van der Waals surface area contributed by atoms with Crippen LogP contribution in [0.2, 0.25) is 0 Å². The summed E-state index contributed by atoms with van der Waals surface area (Å²) in [7, 11) is 3.95. The van der Waals surface area contributed by atoms with E-state index in [1.165, 1.54) is 0 Å². The Hall–Kier alpha value is -2.24. The van der Waals surface area contributed by atoms with E-state index in [1.54, 1.807) is 6.92 Å². The van der Waals surface area contributed by atoms with Crippen LogP contribution in [0.3, 0.4) is 0 Å². The summed E-state index contributed by atoms with van der Waals surface area (Å²) in [6, 6.07) is 5.75. The molecule has 6 nitrogen and oxygen atoms in total. The van der Waals surface area contributed by atoms with E-state index in [1.807, 2.05) is 55.9 Å². The maximum atomic E-state index is 12.2. The number of urea groups is 1. The molecule has 0 aliphatic rings. The third kappa shape index (κ3) is 6.24. The predicted octanol–water partition coefficient (Wildman–Crippen LogP) is 3.68. The third-order valence-corrected chi connectivity index (χ3v) is 4.44. The number of rotatable bonds is 7. The zero-order chi connectivity index (χ0) is 20.0. The van der Waals surface area contributed by atoms with E-state index in [9.17, 15) is 9.59 Å². The summed E-state index contributed by atoms with van der Waals surface area (Å²) >= 11 is 0. The lowest BCUT2D eigenvalue weighted by atomic mass is 10.0. The van der Waals surface area contributed by atoms with E-state index in [4.69, 9.17) is 0 Å². The number of anilines is 2. The van der Waals surface area contributed by atoms with Crippen LogP contribution in [0.1, 0.15) is 47.1 Å². The molecule has 2 N–H and O–H groups in total. The van der Waals surface area contributed by atoms with Crippen molar-refractivity contribution in [2.75, 3.05) is 24.3 Å². The number of hydrogen-bond acceptors (Lipinski definition) is 3. The highest BCUT2D eigenvalue weighted by atomic mass is 16.2. The van der Waals surface area contributed by atoms with Gasteiger partial charge < -0.3 is 20.4 Å². The van der Waals surface area contributed by atoms with Gasteiger partial charge in [-0.3, -0.25) is 4.79 Å². The number of nitrogens with one attached hydrogen (secondary N) is 2. The fraction of sp³-hybridized carbons (Fsp3) is 0.600. The van der Waals surface area contributed by atoms with Crippen molar-refractivity contribution < 1.29 is 9.59 Å². The van der Waals surface area contributed by atoms with Gasteiger partial charge in [-0.25, -0.2) is 4.79 Å². The number of amides is 3. The van der Waals surface area contributed by atoms with Crippen LogP contribution in [0.15, 0.2) is 18.2 Å². The average molecular weight is 363 g/mol. The number of nitrogens with zero attached hydrogens (tertiary/aromatic N) is 2. The van der Waals surface area contributed by atoms with Gasteiger partial charge in [0.15, 0.2) is 0 Å². The first-order valence-electron chi connectivity index (χ1n) is 9.17. The summed E-state index contributed by atoms with van der Waals surface area (Å²) in [6.45, 7) is 12.2. The molecule has 0 aliphatic carbocycles. The Morgan fingerprint density at radius 1 is 1.08 bits per heavy atom. The van der Waals surface area contributed by atoms with Crippen molar-refractivity contribution in [3.8, 4) is 0 Å². The Kier molecular flexibility index (Phi) is 7.93. The Bertz CT molecular complexity index is 626. The fourth-order valence-corrected chi connectivity index (χ4v) is 2.74. The predicted molar refractivity (Wildman–Crippen MR) is 109 cm³/mol. The van der Waals surface area contributed by atoms with Crippen molar-refractivity contribution in [1.29, 1.82) is 0 Å². The van der Waals surface area contributed by atoms with Crippen molar-refractivity contribution in [2.24, 2.45) is 5.92 Å². The van der Waals surface area contributed by atoms with Crippen LogP contribution in [-0.2, 0) is 11.3 Å². The summed E-state index contributed by atoms with van der Waals surface area (Å²) in [5.74, 6) is 0.409. The van der Waals surface area contributed by atoms with Crippen LogP contribution < -0.4 is 15.5 Å². The largest absolute Gasteiger partial charge is 0.377 e. The number of benzene rings is 1. The first kappa shape index (κ1) is 21.8. The second kappa shape index (κ2) is 9.46. The Balaban J connectivity index is 3.14. The molecule has 0 saturated heterocycles. The van der Waals surface area contributed by atoms with Gasteiger partial charge in [-0.15, -0.1) is 0 Å². The standard InChI is InChI=1S/C20H34N4O2/c1-13(2)15(5)24(16(6)25)12-17-11-18(9-10-19(17)23(7)8)22-20(26)21-14(3)4/h9-11,13-15H,12H2,1-8H3,(H2,21,22,26)/t15-/m1/s1. The first-order chi connectivity index (χ1) is 12.0. The van der Waals surface area contributed by atoms with Gasteiger partial charge in [0, 0.05) is 51.0 Å². The lowest BCUT2D eigenvalue weighted by Gasteiger charge is -2.32. The van der Waals surface area contributed by atoms with Gasteiger partial charge in [-0.05, 0) is 50.5 Å². The highest BCUT2D eigenvalue weighted by Gasteiger charge is 2.21. The number of carbonyl (C=O) groups is 2. The topological polar surface area (TPSA) is 64.7 Å². The molecule has 3 amide bonds. The van der Waals surface area contributed by atoms with E-state index in [0.717, 1.165) is 11.3 Å². The maximum absolute atomic E-state index is 12.2. The molecule has 146 valence electrons. The van der Waals surface area contributed by atoms with Crippen LogP contribution in [-0.4, -0.2) is 43.0 Å². The molecule has 26 heavy (non-hydrogen) atoms. The zero-order valence-corrected chi connectivity index (χ0v) is 17.4. The minimum Gasteiger partial charge on any atom is -0.377 e. The molecule has 0 radical (unpaired) electrons. The van der Waals surface area contributed by atoms with Gasteiger partial charge in [0.2, 0.25) is 5.91 Å². The van der Waals surface area contributed by atoms with Crippen LogP contribution in [0, 0.1) is 5.92 Å². The highest BCUT2D eigenvalue weighted by molar-refractivity contribution is 5.90. The number of carbonyl (C=O) groups excluding carboxylic acids is 2. The lowest BCUT2D eigenvalue weighted by Crippen LogP contribution is -2.40. The molecule has 0 aliphatic heterocycles. The molecule has 0 bridgehead atoms. The van der Waals surface area contributed by atoms with E-state index in [2.05, 4.69) is 31.4 Å². The summed E-state index contributed by atoms with van der Waals surface area (Å²) in [4.78, 5) is 28.1. The average Bonchev–Trinajstić information content (AvgIpc) is 2.50. The normalized spacial score (nSPS) is 12.1. The minimum atomic E-state index is -0.234. The maximum Gasteiger partial charge on any atom is 0.319 e. The van der Waals surface area contributed by atoms with Crippen molar-refractivity contribution in [1.82, 2.24) is 10.2 Å². The second-order valence-electron chi connectivity index (χ2n) is 7.62. The molecule has 0 heterocycles. The second-order valence-corrected chi connectivity index (χ2v) is 7.62. The summed E-state index contributed by atoms with van der Waals surface area (Å²) in [5, 5.41) is 5.68. The molecule has 1 atom stereocenters. The van der Waals surface area contributed by atoms with Gasteiger partial charge in [0.05, 0.1) is 0 Å². The smallest absolute Gasteiger partial charge is 0.319 e. The van der Waals surface area contributed by atoms with Crippen molar-refractivity contribution in [2.45, 2.75) is 60.2 Å². The minimum absolute atomic E-state index is 0.0480.